The summed E-state index contributed by atoms with van der Waals surface area (Å²) in [5.41, 5.74) is 3.43. The SMILES string of the molecule is Cc1cc(N2CCN(C(=O)C(C)C)CC2)ccc1C(=O)N1CC[C@@]2(C1)OC(=O)c1ccccc12. The zero-order valence-corrected chi connectivity index (χ0v) is 20.0. The Hall–Kier alpha value is -3.35. The Bertz CT molecular complexity index is 1150. The van der Waals surface area contributed by atoms with Crippen molar-refractivity contribution in [2.45, 2.75) is 32.8 Å². The molecule has 0 bridgehead atoms. The van der Waals surface area contributed by atoms with Crippen LogP contribution in [0.25, 0.3) is 0 Å². The van der Waals surface area contributed by atoms with Crippen LogP contribution in [0.3, 0.4) is 0 Å². The van der Waals surface area contributed by atoms with E-state index in [4.69, 9.17) is 4.74 Å². The number of hydrogen-bond acceptors (Lipinski definition) is 5. The van der Waals surface area contributed by atoms with Gasteiger partial charge in [-0.3, -0.25) is 9.59 Å². The fourth-order valence-corrected chi connectivity index (χ4v) is 5.41. The Morgan fingerprint density at radius 1 is 0.971 bits per heavy atom. The Morgan fingerprint density at radius 3 is 2.41 bits per heavy atom. The predicted molar refractivity (Wildman–Crippen MR) is 129 cm³/mol. The molecule has 0 aliphatic carbocycles. The molecule has 5 rings (SSSR count). The maximum atomic E-state index is 13.4. The molecule has 2 saturated heterocycles. The molecule has 3 heterocycles. The minimum atomic E-state index is -0.732. The van der Waals surface area contributed by atoms with E-state index in [0.717, 1.165) is 29.9 Å². The highest BCUT2D eigenvalue weighted by Crippen LogP contribution is 2.43. The number of anilines is 1. The van der Waals surface area contributed by atoms with Gasteiger partial charge in [0, 0.05) is 61.9 Å². The summed E-state index contributed by atoms with van der Waals surface area (Å²) in [4.78, 5) is 44.0. The Labute approximate surface area is 200 Å². The molecule has 2 aromatic rings. The molecule has 1 spiro atoms. The number of rotatable bonds is 3. The maximum absolute atomic E-state index is 13.4. The summed E-state index contributed by atoms with van der Waals surface area (Å²) in [6, 6.07) is 13.4. The minimum Gasteiger partial charge on any atom is -0.449 e. The monoisotopic (exact) mass is 461 g/mol. The quantitative estimate of drug-likeness (QED) is 0.657. The van der Waals surface area contributed by atoms with E-state index in [9.17, 15) is 14.4 Å². The average Bonchev–Trinajstić information content (AvgIpc) is 3.39. The Balaban J connectivity index is 1.27. The van der Waals surface area contributed by atoms with Gasteiger partial charge in [-0.15, -0.1) is 0 Å². The highest BCUT2D eigenvalue weighted by molar-refractivity contribution is 5.97. The molecule has 2 fully saturated rings. The fraction of sp³-hybridized carbons (Fsp3) is 0.444. The third-order valence-electron chi connectivity index (χ3n) is 7.34. The van der Waals surface area contributed by atoms with Gasteiger partial charge < -0.3 is 19.4 Å². The number of likely N-dealkylation sites (tertiary alicyclic amines) is 1. The summed E-state index contributed by atoms with van der Waals surface area (Å²) in [6.07, 6.45) is 0.609. The number of benzene rings is 2. The number of piperazine rings is 1. The van der Waals surface area contributed by atoms with Crippen molar-refractivity contribution in [1.29, 1.82) is 0 Å². The van der Waals surface area contributed by atoms with Gasteiger partial charge in [0.25, 0.3) is 5.91 Å². The summed E-state index contributed by atoms with van der Waals surface area (Å²) < 4.78 is 5.80. The van der Waals surface area contributed by atoms with Crippen LogP contribution in [-0.4, -0.2) is 66.9 Å². The molecule has 0 saturated carbocycles. The van der Waals surface area contributed by atoms with Crippen molar-refractivity contribution in [2.75, 3.05) is 44.2 Å². The van der Waals surface area contributed by atoms with Crippen LogP contribution in [0, 0.1) is 12.8 Å². The lowest BCUT2D eigenvalue weighted by Gasteiger charge is -2.37. The highest BCUT2D eigenvalue weighted by atomic mass is 16.6. The molecule has 7 nitrogen and oxygen atoms in total. The number of aryl methyl sites for hydroxylation is 1. The van der Waals surface area contributed by atoms with Crippen molar-refractivity contribution in [1.82, 2.24) is 9.80 Å². The van der Waals surface area contributed by atoms with Gasteiger partial charge in [-0.2, -0.15) is 0 Å². The van der Waals surface area contributed by atoms with Crippen LogP contribution < -0.4 is 4.90 Å². The van der Waals surface area contributed by atoms with Crippen LogP contribution in [0.4, 0.5) is 5.69 Å². The third-order valence-corrected chi connectivity index (χ3v) is 7.34. The summed E-state index contributed by atoms with van der Waals surface area (Å²) in [7, 11) is 0. The van der Waals surface area contributed by atoms with Gasteiger partial charge in [0.2, 0.25) is 5.91 Å². The van der Waals surface area contributed by atoms with Gasteiger partial charge in [-0.1, -0.05) is 32.0 Å². The summed E-state index contributed by atoms with van der Waals surface area (Å²) >= 11 is 0. The molecule has 1 atom stereocenters. The zero-order chi connectivity index (χ0) is 24.0. The van der Waals surface area contributed by atoms with E-state index < -0.39 is 5.60 Å². The van der Waals surface area contributed by atoms with Gasteiger partial charge in [0.1, 0.15) is 0 Å². The molecule has 34 heavy (non-hydrogen) atoms. The van der Waals surface area contributed by atoms with Gasteiger partial charge in [0.05, 0.1) is 12.1 Å². The summed E-state index contributed by atoms with van der Waals surface area (Å²) in [5, 5.41) is 0. The number of hydrogen-bond donors (Lipinski definition) is 0. The first-order chi connectivity index (χ1) is 16.3. The predicted octanol–water partition coefficient (Wildman–Crippen LogP) is 3.21. The lowest BCUT2D eigenvalue weighted by molar-refractivity contribution is -0.134. The highest BCUT2D eigenvalue weighted by Gasteiger charge is 2.51. The smallest absolute Gasteiger partial charge is 0.339 e. The van der Waals surface area contributed by atoms with Crippen LogP contribution in [0.1, 0.15) is 52.1 Å². The Kier molecular flexibility index (Phi) is 5.58. The summed E-state index contributed by atoms with van der Waals surface area (Å²) in [5.74, 6) is -0.116. The number of fused-ring (bicyclic) bond motifs is 2. The lowest BCUT2D eigenvalue weighted by atomic mass is 9.91. The van der Waals surface area contributed by atoms with Gasteiger partial charge in [-0.25, -0.2) is 4.79 Å². The lowest BCUT2D eigenvalue weighted by Crippen LogP contribution is -2.49. The minimum absolute atomic E-state index is 0.0186. The normalized spacial score (nSPS) is 21.9. The second kappa shape index (κ2) is 8.46. The van der Waals surface area contributed by atoms with Crippen molar-refractivity contribution in [2.24, 2.45) is 5.92 Å². The van der Waals surface area contributed by atoms with Gasteiger partial charge in [0.15, 0.2) is 5.60 Å². The van der Waals surface area contributed by atoms with E-state index >= 15 is 0 Å². The standard InChI is InChI=1S/C27H31N3O4/c1-18(2)24(31)29-14-12-28(13-15-29)20-8-9-21(19(3)16-20)25(32)30-11-10-27(17-30)23-7-5-4-6-22(23)26(33)34-27/h4-9,16,18H,10-15,17H2,1-3H3/t27-/m0/s1. The van der Waals surface area contributed by atoms with Gasteiger partial charge in [-0.05, 0) is 36.8 Å². The van der Waals surface area contributed by atoms with Crippen LogP contribution >= 0.6 is 0 Å². The molecule has 0 aromatic heterocycles. The van der Waals surface area contributed by atoms with Crippen molar-refractivity contribution < 1.29 is 19.1 Å². The van der Waals surface area contributed by atoms with E-state index in [-0.39, 0.29) is 23.7 Å². The van der Waals surface area contributed by atoms with Crippen molar-refractivity contribution in [3.63, 3.8) is 0 Å². The molecule has 3 aliphatic heterocycles. The van der Waals surface area contributed by atoms with Crippen molar-refractivity contribution in [3.8, 4) is 0 Å². The fourth-order valence-electron chi connectivity index (χ4n) is 5.41. The molecular formula is C27H31N3O4. The van der Waals surface area contributed by atoms with E-state index in [1.807, 2.05) is 56.0 Å². The van der Waals surface area contributed by atoms with Crippen LogP contribution in [0.5, 0.6) is 0 Å². The topological polar surface area (TPSA) is 70.2 Å². The van der Waals surface area contributed by atoms with E-state index in [0.29, 0.717) is 43.7 Å². The first kappa shape index (κ1) is 22.4. The first-order valence-electron chi connectivity index (χ1n) is 12.1. The molecular weight excluding hydrogens is 430 g/mol. The summed E-state index contributed by atoms with van der Waals surface area (Å²) in [6.45, 7) is 9.76. The van der Waals surface area contributed by atoms with E-state index in [1.54, 1.807) is 11.0 Å². The molecule has 0 N–H and O–H groups in total. The molecule has 2 aromatic carbocycles. The third kappa shape index (κ3) is 3.73. The number of nitrogens with zero attached hydrogens (tertiary/aromatic N) is 3. The number of carbonyl (C=O) groups is 3. The molecule has 7 heteroatoms. The van der Waals surface area contributed by atoms with E-state index in [1.165, 1.54) is 0 Å². The second-order valence-corrected chi connectivity index (χ2v) is 9.87. The van der Waals surface area contributed by atoms with Crippen LogP contribution in [-0.2, 0) is 15.1 Å². The number of ether oxygens (including phenoxy) is 1. The molecule has 178 valence electrons. The molecule has 0 radical (unpaired) electrons. The second-order valence-electron chi connectivity index (χ2n) is 9.87. The largest absolute Gasteiger partial charge is 0.449 e. The molecule has 0 unspecified atom stereocenters. The first-order valence-corrected chi connectivity index (χ1v) is 12.1. The maximum Gasteiger partial charge on any atom is 0.339 e. The molecule has 3 aliphatic rings. The van der Waals surface area contributed by atoms with E-state index in [2.05, 4.69) is 11.0 Å². The molecule has 2 amide bonds. The number of esters is 1. The number of carbonyl (C=O) groups excluding carboxylic acids is 3. The number of amides is 2. The average molecular weight is 462 g/mol. The van der Waals surface area contributed by atoms with Crippen LogP contribution in [0.2, 0.25) is 0 Å². The zero-order valence-electron chi connectivity index (χ0n) is 20.0. The van der Waals surface area contributed by atoms with Crippen molar-refractivity contribution >= 4 is 23.5 Å². The Morgan fingerprint density at radius 2 is 1.71 bits per heavy atom. The van der Waals surface area contributed by atoms with Crippen LogP contribution in [0.15, 0.2) is 42.5 Å². The van der Waals surface area contributed by atoms with Crippen molar-refractivity contribution in [3.05, 3.63) is 64.7 Å². The van der Waals surface area contributed by atoms with Gasteiger partial charge >= 0.3 is 5.97 Å².